The molecule has 0 saturated carbocycles. The molecule has 0 aromatic heterocycles. The molecule has 111 valence electrons. The molecule has 1 heterocycles. The van der Waals surface area contributed by atoms with Crippen LogP contribution in [0.25, 0.3) is 0 Å². The first-order chi connectivity index (χ1) is 9.84. The Morgan fingerprint density at radius 1 is 1.15 bits per heavy atom. The Bertz CT molecular complexity index is 354. The highest BCUT2D eigenvalue weighted by Crippen LogP contribution is 2.11. The average Bonchev–Trinajstić information content (AvgIpc) is 2.49. The first kappa shape index (κ1) is 15.5. The van der Waals surface area contributed by atoms with Gasteiger partial charge in [-0.05, 0) is 64.0 Å². The van der Waals surface area contributed by atoms with Crippen LogP contribution >= 0.6 is 0 Å². The number of ether oxygens (including phenoxy) is 1. The third-order valence-electron chi connectivity index (χ3n) is 3.99. The van der Waals surface area contributed by atoms with Crippen molar-refractivity contribution < 1.29 is 4.74 Å². The predicted molar refractivity (Wildman–Crippen MR) is 84.9 cm³/mol. The number of benzene rings is 1. The summed E-state index contributed by atoms with van der Waals surface area (Å²) in [4.78, 5) is 0. The van der Waals surface area contributed by atoms with Crippen LogP contribution < -0.4 is 5.32 Å². The minimum atomic E-state index is 0.719. The summed E-state index contributed by atoms with van der Waals surface area (Å²) in [5.41, 5.74) is 2.75. The molecule has 1 fully saturated rings. The molecule has 1 aliphatic heterocycles. The minimum Gasteiger partial charge on any atom is -0.381 e. The highest BCUT2D eigenvalue weighted by Gasteiger charge is 2.11. The van der Waals surface area contributed by atoms with Crippen LogP contribution in [0.1, 0.15) is 43.2 Å². The summed E-state index contributed by atoms with van der Waals surface area (Å²) in [6.07, 6.45) is 9.59. The van der Waals surface area contributed by atoms with Crippen molar-refractivity contribution in [1.29, 1.82) is 0 Å². The molecular weight excluding hydrogens is 246 g/mol. The zero-order chi connectivity index (χ0) is 14.0. The first-order valence-corrected chi connectivity index (χ1v) is 8.03. The van der Waals surface area contributed by atoms with Crippen LogP contribution in [0, 0.1) is 13.3 Å². The molecule has 1 aliphatic rings. The van der Waals surface area contributed by atoms with Crippen molar-refractivity contribution in [2.75, 3.05) is 19.8 Å². The van der Waals surface area contributed by atoms with Gasteiger partial charge in [0.15, 0.2) is 0 Å². The van der Waals surface area contributed by atoms with Gasteiger partial charge in [-0.2, -0.15) is 0 Å². The number of rotatable bonds is 8. The number of hydrogen-bond donors (Lipinski definition) is 1. The van der Waals surface area contributed by atoms with Crippen molar-refractivity contribution in [3.8, 4) is 0 Å². The van der Waals surface area contributed by atoms with Crippen LogP contribution in [0.2, 0.25) is 0 Å². The summed E-state index contributed by atoms with van der Waals surface area (Å²) in [6, 6.07) is 9.54. The highest BCUT2D eigenvalue weighted by atomic mass is 16.5. The molecule has 0 amide bonds. The Balaban J connectivity index is 1.44. The number of piperidine rings is 1. The summed E-state index contributed by atoms with van der Waals surface area (Å²) in [5, 5.41) is 3.54. The number of nitrogens with one attached hydrogen (secondary N) is 1. The van der Waals surface area contributed by atoms with Crippen LogP contribution in [0.15, 0.2) is 24.3 Å². The molecule has 20 heavy (non-hydrogen) atoms. The molecule has 0 spiro atoms. The standard InChI is InChI=1S/C18H28NO/c1-16-9-11-17(12-10-16)6-4-14-20-15-5-8-18-7-2-3-13-19-18/h3,9-12,18-19H,2,4-8,13-15H2,1H3. The summed E-state index contributed by atoms with van der Waals surface area (Å²) < 4.78 is 5.73. The van der Waals surface area contributed by atoms with Crippen molar-refractivity contribution in [3.05, 3.63) is 41.8 Å². The lowest BCUT2D eigenvalue weighted by molar-refractivity contribution is 0.125. The molecule has 1 aromatic carbocycles. The third-order valence-corrected chi connectivity index (χ3v) is 3.99. The predicted octanol–water partition coefficient (Wildman–Crippen LogP) is 3.68. The van der Waals surface area contributed by atoms with Crippen LogP contribution in [0.5, 0.6) is 0 Å². The van der Waals surface area contributed by atoms with Crippen LogP contribution in [0.3, 0.4) is 0 Å². The van der Waals surface area contributed by atoms with Crippen molar-refractivity contribution in [2.24, 2.45) is 0 Å². The Morgan fingerprint density at radius 2 is 1.95 bits per heavy atom. The van der Waals surface area contributed by atoms with Crippen LogP contribution in [-0.4, -0.2) is 25.8 Å². The van der Waals surface area contributed by atoms with E-state index in [1.807, 2.05) is 0 Å². The number of hydrogen-bond acceptors (Lipinski definition) is 2. The molecule has 1 unspecified atom stereocenters. The van der Waals surface area contributed by atoms with Gasteiger partial charge in [-0.15, -0.1) is 0 Å². The molecule has 0 bridgehead atoms. The van der Waals surface area contributed by atoms with Gasteiger partial charge >= 0.3 is 0 Å². The highest BCUT2D eigenvalue weighted by molar-refractivity contribution is 5.21. The van der Waals surface area contributed by atoms with E-state index in [4.69, 9.17) is 4.74 Å². The lowest BCUT2D eigenvalue weighted by atomic mass is 10.0. The molecule has 2 nitrogen and oxygen atoms in total. The first-order valence-electron chi connectivity index (χ1n) is 8.03. The zero-order valence-electron chi connectivity index (χ0n) is 12.7. The van der Waals surface area contributed by atoms with Crippen molar-refractivity contribution in [2.45, 2.75) is 51.5 Å². The van der Waals surface area contributed by atoms with E-state index in [1.54, 1.807) is 0 Å². The second-order valence-electron chi connectivity index (χ2n) is 5.81. The normalized spacial score (nSPS) is 19.1. The van der Waals surface area contributed by atoms with Crippen LogP contribution in [0.4, 0.5) is 0 Å². The van der Waals surface area contributed by atoms with E-state index in [1.165, 1.54) is 36.8 Å². The van der Waals surface area contributed by atoms with E-state index in [0.717, 1.165) is 38.6 Å². The molecule has 2 heteroatoms. The molecule has 0 aliphatic carbocycles. The fourth-order valence-electron chi connectivity index (χ4n) is 2.69. The Hall–Kier alpha value is -0.860. The fourth-order valence-corrected chi connectivity index (χ4v) is 2.69. The maximum absolute atomic E-state index is 5.73. The molecule has 1 aromatic rings. The Labute approximate surface area is 123 Å². The Kier molecular flexibility index (Phi) is 7.10. The van der Waals surface area contributed by atoms with Crippen molar-refractivity contribution in [3.63, 3.8) is 0 Å². The second-order valence-corrected chi connectivity index (χ2v) is 5.81. The Morgan fingerprint density at radius 3 is 2.70 bits per heavy atom. The topological polar surface area (TPSA) is 21.3 Å². The second kappa shape index (κ2) is 9.15. The van der Waals surface area contributed by atoms with E-state index < -0.39 is 0 Å². The van der Waals surface area contributed by atoms with Gasteiger partial charge in [-0.1, -0.05) is 29.8 Å². The number of aryl methyl sites for hydroxylation is 2. The van der Waals surface area contributed by atoms with Gasteiger partial charge in [0.25, 0.3) is 0 Å². The largest absolute Gasteiger partial charge is 0.381 e. The SMILES string of the molecule is Cc1ccc(CCCOCCCC2CC[CH]CN2)cc1. The van der Waals surface area contributed by atoms with Crippen molar-refractivity contribution in [1.82, 2.24) is 5.32 Å². The summed E-state index contributed by atoms with van der Waals surface area (Å²) in [6.45, 7) is 5.02. The lowest BCUT2D eigenvalue weighted by Crippen LogP contribution is -2.34. The molecule has 1 radical (unpaired) electrons. The monoisotopic (exact) mass is 274 g/mol. The lowest BCUT2D eigenvalue weighted by Gasteiger charge is -2.22. The average molecular weight is 274 g/mol. The molecule has 1 saturated heterocycles. The maximum atomic E-state index is 5.73. The van der Waals surface area contributed by atoms with Crippen LogP contribution in [-0.2, 0) is 11.2 Å². The van der Waals surface area contributed by atoms with Gasteiger partial charge in [-0.25, -0.2) is 0 Å². The summed E-state index contributed by atoms with van der Waals surface area (Å²) in [7, 11) is 0. The molecular formula is C18H28NO. The van der Waals surface area contributed by atoms with E-state index >= 15 is 0 Å². The van der Waals surface area contributed by atoms with E-state index in [9.17, 15) is 0 Å². The van der Waals surface area contributed by atoms with Gasteiger partial charge in [0.05, 0.1) is 0 Å². The van der Waals surface area contributed by atoms with E-state index in [2.05, 4.69) is 42.9 Å². The van der Waals surface area contributed by atoms with Gasteiger partial charge in [-0.3, -0.25) is 0 Å². The van der Waals surface area contributed by atoms with E-state index in [-0.39, 0.29) is 0 Å². The molecule has 1 atom stereocenters. The van der Waals surface area contributed by atoms with Crippen molar-refractivity contribution >= 4 is 0 Å². The smallest absolute Gasteiger partial charge is 0.0469 e. The van der Waals surface area contributed by atoms with Gasteiger partial charge in [0.1, 0.15) is 0 Å². The quantitative estimate of drug-likeness (QED) is 0.730. The summed E-state index contributed by atoms with van der Waals surface area (Å²) in [5.74, 6) is 0. The fraction of sp³-hybridized carbons (Fsp3) is 0.611. The van der Waals surface area contributed by atoms with Gasteiger partial charge in [0, 0.05) is 19.3 Å². The molecule has 1 N–H and O–H groups in total. The van der Waals surface area contributed by atoms with Gasteiger partial charge in [0.2, 0.25) is 0 Å². The maximum Gasteiger partial charge on any atom is 0.0469 e. The zero-order valence-corrected chi connectivity index (χ0v) is 12.7. The van der Waals surface area contributed by atoms with Gasteiger partial charge < -0.3 is 10.1 Å². The molecule has 2 rings (SSSR count). The third kappa shape index (κ3) is 6.06. The van der Waals surface area contributed by atoms with E-state index in [0.29, 0.717) is 0 Å². The minimum absolute atomic E-state index is 0.719. The summed E-state index contributed by atoms with van der Waals surface area (Å²) >= 11 is 0.